The third kappa shape index (κ3) is 1.65. The summed E-state index contributed by atoms with van der Waals surface area (Å²) in [4.78, 5) is 0. The molecule has 0 aliphatic rings. The molecule has 1 aromatic carbocycles. The lowest BCUT2D eigenvalue weighted by Crippen LogP contribution is -1.91. The highest BCUT2D eigenvalue weighted by Crippen LogP contribution is 2.14. The van der Waals surface area contributed by atoms with Gasteiger partial charge in [-0.05, 0) is 11.6 Å². The van der Waals surface area contributed by atoms with Crippen LogP contribution in [-0.2, 0) is 0 Å². The van der Waals surface area contributed by atoms with Gasteiger partial charge in [0, 0.05) is 5.56 Å². The second kappa shape index (κ2) is 3.30. The summed E-state index contributed by atoms with van der Waals surface area (Å²) < 4.78 is 12.9. The molecule has 0 saturated heterocycles. The molecule has 11 heavy (non-hydrogen) atoms. The summed E-state index contributed by atoms with van der Waals surface area (Å²) in [5.41, 5.74) is 0.790. The van der Waals surface area contributed by atoms with Gasteiger partial charge in [0.1, 0.15) is 5.82 Å². The van der Waals surface area contributed by atoms with Crippen LogP contribution in [0.15, 0.2) is 30.8 Å². The van der Waals surface area contributed by atoms with Gasteiger partial charge in [0.05, 0.1) is 6.61 Å². The molecule has 1 N–H and O–H groups in total. The highest BCUT2D eigenvalue weighted by molar-refractivity contribution is 5.64. The van der Waals surface area contributed by atoms with Crippen LogP contribution in [-0.4, -0.2) is 11.7 Å². The first-order valence-electron chi connectivity index (χ1n) is 3.29. The van der Waals surface area contributed by atoms with Crippen LogP contribution in [0.1, 0.15) is 5.56 Å². The first kappa shape index (κ1) is 7.95. The Hall–Kier alpha value is -1.15. The van der Waals surface area contributed by atoms with Crippen LogP contribution in [0, 0.1) is 5.82 Å². The van der Waals surface area contributed by atoms with Crippen LogP contribution < -0.4 is 0 Å². The molecule has 1 aromatic rings. The molecule has 58 valence electrons. The average Bonchev–Trinajstić information content (AvgIpc) is 2.04. The Morgan fingerprint density at radius 1 is 1.45 bits per heavy atom. The maximum atomic E-state index is 12.9. The van der Waals surface area contributed by atoms with Crippen molar-refractivity contribution in [1.82, 2.24) is 0 Å². The molecule has 0 aliphatic carbocycles. The Morgan fingerprint density at radius 2 is 2.09 bits per heavy atom. The number of hydrogen-bond acceptors (Lipinski definition) is 1. The van der Waals surface area contributed by atoms with E-state index in [9.17, 15) is 4.39 Å². The fourth-order valence-electron chi connectivity index (χ4n) is 0.833. The lowest BCUT2D eigenvalue weighted by molar-refractivity contribution is 0.350. The molecule has 1 rings (SSSR count). The zero-order valence-electron chi connectivity index (χ0n) is 6.05. The highest BCUT2D eigenvalue weighted by Gasteiger charge is 2.01. The number of halogens is 1. The number of rotatable bonds is 2. The van der Waals surface area contributed by atoms with Crippen molar-refractivity contribution in [3.05, 3.63) is 42.2 Å². The molecule has 1 nitrogen and oxygen atoms in total. The Balaban J connectivity index is 3.03. The van der Waals surface area contributed by atoms with Crippen molar-refractivity contribution < 1.29 is 9.50 Å². The molecule has 0 unspecified atom stereocenters. The summed E-state index contributed by atoms with van der Waals surface area (Å²) in [6, 6.07) is 6.24. The van der Waals surface area contributed by atoms with Crippen molar-refractivity contribution in [1.29, 1.82) is 0 Å². The Bertz CT molecular complexity index is 268. The normalized spacial score (nSPS) is 9.64. The maximum absolute atomic E-state index is 12.9. The summed E-state index contributed by atoms with van der Waals surface area (Å²) in [6.45, 7) is 3.31. The van der Waals surface area contributed by atoms with Crippen molar-refractivity contribution in [2.24, 2.45) is 0 Å². The second-order valence-electron chi connectivity index (χ2n) is 2.24. The van der Waals surface area contributed by atoms with E-state index in [1.807, 2.05) is 0 Å². The smallest absolute Gasteiger partial charge is 0.130 e. The SMILES string of the molecule is C=C(CO)c1ccccc1F. The molecule has 0 radical (unpaired) electrons. The Labute approximate surface area is 64.8 Å². The van der Waals surface area contributed by atoms with Gasteiger partial charge >= 0.3 is 0 Å². The van der Waals surface area contributed by atoms with E-state index in [-0.39, 0.29) is 12.4 Å². The lowest BCUT2D eigenvalue weighted by Gasteiger charge is -2.01. The van der Waals surface area contributed by atoms with Gasteiger partial charge in [-0.15, -0.1) is 0 Å². The van der Waals surface area contributed by atoms with Crippen molar-refractivity contribution >= 4 is 5.57 Å². The third-order valence-electron chi connectivity index (χ3n) is 1.45. The van der Waals surface area contributed by atoms with Crippen molar-refractivity contribution in [2.75, 3.05) is 6.61 Å². The fourth-order valence-corrected chi connectivity index (χ4v) is 0.833. The van der Waals surface area contributed by atoms with Gasteiger partial charge in [-0.2, -0.15) is 0 Å². The highest BCUT2D eigenvalue weighted by atomic mass is 19.1. The molecule has 0 heterocycles. The van der Waals surface area contributed by atoms with Crippen LogP contribution in [0.2, 0.25) is 0 Å². The largest absolute Gasteiger partial charge is 0.392 e. The Kier molecular flexibility index (Phi) is 2.39. The van der Waals surface area contributed by atoms with Crippen LogP contribution >= 0.6 is 0 Å². The zero-order chi connectivity index (χ0) is 8.27. The van der Waals surface area contributed by atoms with E-state index in [1.54, 1.807) is 18.2 Å². The first-order valence-corrected chi connectivity index (χ1v) is 3.29. The van der Waals surface area contributed by atoms with E-state index in [2.05, 4.69) is 6.58 Å². The van der Waals surface area contributed by atoms with Crippen LogP contribution in [0.4, 0.5) is 4.39 Å². The molecule has 0 amide bonds. The summed E-state index contributed by atoms with van der Waals surface area (Å²) >= 11 is 0. The molecule has 0 atom stereocenters. The number of benzene rings is 1. The molecular formula is C9H9FO. The quantitative estimate of drug-likeness (QED) is 0.685. The van der Waals surface area contributed by atoms with Crippen LogP contribution in [0.5, 0.6) is 0 Å². The van der Waals surface area contributed by atoms with E-state index < -0.39 is 0 Å². The van der Waals surface area contributed by atoms with E-state index >= 15 is 0 Å². The molecule has 2 heteroatoms. The minimum Gasteiger partial charge on any atom is -0.392 e. The third-order valence-corrected chi connectivity index (χ3v) is 1.45. The van der Waals surface area contributed by atoms with E-state index in [0.717, 1.165) is 0 Å². The molecule has 0 saturated carbocycles. The fraction of sp³-hybridized carbons (Fsp3) is 0.111. The van der Waals surface area contributed by atoms with Crippen molar-refractivity contribution in [3.8, 4) is 0 Å². The number of hydrogen-bond donors (Lipinski definition) is 1. The zero-order valence-corrected chi connectivity index (χ0v) is 6.05. The van der Waals surface area contributed by atoms with Gasteiger partial charge in [-0.25, -0.2) is 4.39 Å². The van der Waals surface area contributed by atoms with Gasteiger partial charge < -0.3 is 5.11 Å². The van der Waals surface area contributed by atoms with Gasteiger partial charge in [0.25, 0.3) is 0 Å². The van der Waals surface area contributed by atoms with Gasteiger partial charge in [-0.1, -0.05) is 24.8 Å². The topological polar surface area (TPSA) is 20.2 Å². The average molecular weight is 152 g/mol. The second-order valence-corrected chi connectivity index (χ2v) is 2.24. The van der Waals surface area contributed by atoms with Crippen LogP contribution in [0.25, 0.3) is 5.57 Å². The van der Waals surface area contributed by atoms with E-state index in [1.165, 1.54) is 6.07 Å². The molecular weight excluding hydrogens is 143 g/mol. The molecule has 0 spiro atoms. The first-order chi connectivity index (χ1) is 5.25. The minimum absolute atomic E-state index is 0.207. The summed E-state index contributed by atoms with van der Waals surface area (Å²) in [5, 5.41) is 8.65. The van der Waals surface area contributed by atoms with E-state index in [0.29, 0.717) is 11.1 Å². The standard InChI is InChI=1S/C9H9FO/c1-7(6-11)8-4-2-3-5-9(8)10/h2-5,11H,1,6H2. The Morgan fingerprint density at radius 3 is 2.64 bits per heavy atom. The predicted octanol–water partition coefficient (Wildman–Crippen LogP) is 1.83. The van der Waals surface area contributed by atoms with Gasteiger partial charge in [0.2, 0.25) is 0 Å². The van der Waals surface area contributed by atoms with Crippen molar-refractivity contribution in [3.63, 3.8) is 0 Å². The molecule has 0 bridgehead atoms. The monoisotopic (exact) mass is 152 g/mol. The van der Waals surface area contributed by atoms with Crippen LogP contribution in [0.3, 0.4) is 0 Å². The number of aliphatic hydroxyl groups excluding tert-OH is 1. The van der Waals surface area contributed by atoms with Gasteiger partial charge in [0.15, 0.2) is 0 Å². The summed E-state index contributed by atoms with van der Waals surface area (Å²) in [6.07, 6.45) is 0. The summed E-state index contributed by atoms with van der Waals surface area (Å²) in [5.74, 6) is -0.341. The number of aliphatic hydroxyl groups is 1. The minimum atomic E-state index is -0.341. The lowest BCUT2D eigenvalue weighted by atomic mass is 10.1. The predicted molar refractivity (Wildman–Crippen MR) is 42.5 cm³/mol. The van der Waals surface area contributed by atoms with Gasteiger partial charge in [-0.3, -0.25) is 0 Å². The molecule has 0 fully saturated rings. The molecule has 0 aromatic heterocycles. The maximum Gasteiger partial charge on any atom is 0.130 e. The summed E-state index contributed by atoms with van der Waals surface area (Å²) in [7, 11) is 0. The molecule has 0 aliphatic heterocycles. The van der Waals surface area contributed by atoms with Crippen molar-refractivity contribution in [2.45, 2.75) is 0 Å². The van der Waals surface area contributed by atoms with E-state index in [4.69, 9.17) is 5.11 Å².